The third-order valence-electron chi connectivity index (χ3n) is 3.18. The van der Waals surface area contributed by atoms with E-state index in [0.717, 1.165) is 5.52 Å². The molecule has 0 aliphatic heterocycles. The fourth-order valence-electron chi connectivity index (χ4n) is 2.12. The van der Waals surface area contributed by atoms with Gasteiger partial charge in [-0.1, -0.05) is 19.1 Å². The maximum atomic E-state index is 10.9. The quantitative estimate of drug-likeness (QED) is 0.516. The molecule has 0 radical (unpaired) electrons. The van der Waals surface area contributed by atoms with E-state index in [2.05, 4.69) is 0 Å². The predicted molar refractivity (Wildman–Crippen MR) is 74.6 cm³/mol. The number of nitrogens with zero attached hydrogens (tertiary/aromatic N) is 2. The van der Waals surface area contributed by atoms with Gasteiger partial charge in [-0.3, -0.25) is 10.1 Å². The molecule has 2 rings (SSSR count). The third kappa shape index (κ3) is 2.54. The highest BCUT2D eigenvalue weighted by Crippen LogP contribution is 2.26. The van der Waals surface area contributed by atoms with Crippen molar-refractivity contribution in [3.05, 3.63) is 52.2 Å². The van der Waals surface area contributed by atoms with E-state index in [1.165, 1.54) is 6.07 Å². The fraction of sp³-hybridized carbons (Fsp3) is 0.214. The van der Waals surface area contributed by atoms with Gasteiger partial charge in [0.25, 0.3) is 5.69 Å². The number of nitro groups is 1. The van der Waals surface area contributed by atoms with E-state index in [4.69, 9.17) is 5.11 Å². The number of carboxylic acids is 1. The SMILES string of the molecule is CCC(=CCn1ccc2c([N+](=O)[O-])cccc21)C(=O)O. The first-order valence-corrected chi connectivity index (χ1v) is 6.19. The molecule has 20 heavy (non-hydrogen) atoms. The maximum absolute atomic E-state index is 10.9. The Kier molecular flexibility index (Phi) is 3.84. The van der Waals surface area contributed by atoms with E-state index in [9.17, 15) is 14.9 Å². The highest BCUT2D eigenvalue weighted by Gasteiger charge is 2.13. The van der Waals surface area contributed by atoms with Gasteiger partial charge >= 0.3 is 5.97 Å². The zero-order valence-corrected chi connectivity index (χ0v) is 10.9. The molecule has 1 aromatic carbocycles. The monoisotopic (exact) mass is 274 g/mol. The van der Waals surface area contributed by atoms with Crippen LogP contribution >= 0.6 is 0 Å². The number of aromatic nitrogens is 1. The smallest absolute Gasteiger partial charge is 0.331 e. The molecule has 6 nitrogen and oxygen atoms in total. The van der Waals surface area contributed by atoms with Gasteiger partial charge in [-0.05, 0) is 18.6 Å². The molecule has 1 heterocycles. The number of carboxylic acid groups (broad SMARTS) is 1. The lowest BCUT2D eigenvalue weighted by molar-refractivity contribution is -0.383. The highest BCUT2D eigenvalue weighted by molar-refractivity contribution is 5.89. The first-order valence-electron chi connectivity index (χ1n) is 6.19. The highest BCUT2D eigenvalue weighted by atomic mass is 16.6. The summed E-state index contributed by atoms with van der Waals surface area (Å²) < 4.78 is 1.79. The lowest BCUT2D eigenvalue weighted by Gasteiger charge is -2.03. The van der Waals surface area contributed by atoms with Crippen LogP contribution in [0.3, 0.4) is 0 Å². The number of fused-ring (bicyclic) bond motifs is 1. The van der Waals surface area contributed by atoms with Gasteiger partial charge in [-0.15, -0.1) is 0 Å². The molecule has 0 amide bonds. The van der Waals surface area contributed by atoms with Crippen molar-refractivity contribution < 1.29 is 14.8 Å². The van der Waals surface area contributed by atoms with Gasteiger partial charge in [0.15, 0.2) is 0 Å². The van der Waals surface area contributed by atoms with Crippen LogP contribution in [0, 0.1) is 10.1 Å². The largest absolute Gasteiger partial charge is 0.478 e. The summed E-state index contributed by atoms with van der Waals surface area (Å²) >= 11 is 0. The Morgan fingerprint density at radius 3 is 2.80 bits per heavy atom. The lowest BCUT2D eigenvalue weighted by Crippen LogP contribution is -2.02. The molecule has 0 unspecified atom stereocenters. The summed E-state index contributed by atoms with van der Waals surface area (Å²) in [5.41, 5.74) is 1.10. The summed E-state index contributed by atoms with van der Waals surface area (Å²) in [4.78, 5) is 21.4. The van der Waals surface area contributed by atoms with Gasteiger partial charge in [0.05, 0.1) is 15.8 Å². The average Bonchev–Trinajstić information content (AvgIpc) is 2.82. The van der Waals surface area contributed by atoms with E-state index in [1.807, 2.05) is 0 Å². The lowest BCUT2D eigenvalue weighted by atomic mass is 10.2. The Labute approximate surface area is 115 Å². The summed E-state index contributed by atoms with van der Waals surface area (Å²) in [6.07, 6.45) is 3.79. The van der Waals surface area contributed by atoms with Gasteiger partial charge in [0.1, 0.15) is 0 Å². The van der Waals surface area contributed by atoms with Crippen molar-refractivity contribution in [2.45, 2.75) is 19.9 Å². The van der Waals surface area contributed by atoms with Gasteiger partial charge < -0.3 is 9.67 Å². The van der Waals surface area contributed by atoms with Crippen molar-refractivity contribution in [3.8, 4) is 0 Å². The summed E-state index contributed by atoms with van der Waals surface area (Å²) in [6.45, 7) is 2.15. The Balaban J connectivity index is 2.40. The van der Waals surface area contributed by atoms with Gasteiger partial charge in [-0.25, -0.2) is 4.79 Å². The van der Waals surface area contributed by atoms with Gasteiger partial charge in [0.2, 0.25) is 0 Å². The molecule has 0 aliphatic rings. The van der Waals surface area contributed by atoms with Crippen LogP contribution in [0.15, 0.2) is 42.1 Å². The van der Waals surface area contributed by atoms with E-state index < -0.39 is 10.9 Å². The molecule has 0 bridgehead atoms. The molecule has 0 aliphatic carbocycles. The average molecular weight is 274 g/mol. The van der Waals surface area contributed by atoms with Crippen LogP contribution < -0.4 is 0 Å². The van der Waals surface area contributed by atoms with Crippen molar-refractivity contribution in [3.63, 3.8) is 0 Å². The Bertz CT molecular complexity index is 700. The molecule has 0 saturated carbocycles. The second-order valence-electron chi connectivity index (χ2n) is 4.32. The standard InChI is InChI=1S/C14H14N2O4/c1-2-10(14(17)18)6-8-15-9-7-11-12(15)4-3-5-13(11)16(19)20/h3-7,9H,2,8H2,1H3,(H,17,18). The van der Waals surface area contributed by atoms with Crippen molar-refractivity contribution >= 4 is 22.6 Å². The Morgan fingerprint density at radius 1 is 1.45 bits per heavy atom. The molecular formula is C14H14N2O4. The number of hydrogen-bond acceptors (Lipinski definition) is 3. The number of carbonyl (C=O) groups is 1. The van der Waals surface area contributed by atoms with Gasteiger partial charge in [-0.2, -0.15) is 0 Å². The zero-order valence-electron chi connectivity index (χ0n) is 10.9. The molecular weight excluding hydrogens is 260 g/mol. The molecule has 104 valence electrons. The zero-order chi connectivity index (χ0) is 14.7. The molecule has 0 atom stereocenters. The van der Waals surface area contributed by atoms with Crippen LogP contribution in [0.1, 0.15) is 13.3 Å². The first-order chi connectivity index (χ1) is 9.54. The summed E-state index contributed by atoms with van der Waals surface area (Å²) in [7, 11) is 0. The molecule has 2 aromatic rings. The van der Waals surface area contributed by atoms with Crippen molar-refractivity contribution in [2.24, 2.45) is 0 Å². The third-order valence-corrected chi connectivity index (χ3v) is 3.18. The molecule has 0 fully saturated rings. The van der Waals surface area contributed by atoms with Gasteiger partial charge in [0, 0.05) is 24.4 Å². The number of hydrogen-bond donors (Lipinski definition) is 1. The second-order valence-corrected chi connectivity index (χ2v) is 4.32. The number of aliphatic carboxylic acids is 1. The van der Waals surface area contributed by atoms with Crippen molar-refractivity contribution in [1.29, 1.82) is 0 Å². The van der Waals surface area contributed by atoms with E-state index in [1.54, 1.807) is 42.0 Å². The number of non-ortho nitro benzene ring substituents is 1. The van der Waals surface area contributed by atoms with Crippen molar-refractivity contribution in [1.82, 2.24) is 4.57 Å². The number of rotatable bonds is 5. The number of benzene rings is 1. The molecule has 1 N–H and O–H groups in total. The molecule has 0 spiro atoms. The Hall–Kier alpha value is -2.63. The molecule has 1 aromatic heterocycles. The predicted octanol–water partition coefficient (Wildman–Crippen LogP) is 2.97. The van der Waals surface area contributed by atoms with E-state index in [-0.39, 0.29) is 5.69 Å². The topological polar surface area (TPSA) is 85.4 Å². The summed E-state index contributed by atoms with van der Waals surface area (Å²) in [5.74, 6) is -0.935. The number of allylic oxidation sites excluding steroid dienone is 1. The minimum atomic E-state index is -0.935. The van der Waals surface area contributed by atoms with Crippen LogP contribution in [-0.4, -0.2) is 20.6 Å². The van der Waals surface area contributed by atoms with Crippen LogP contribution in [0.4, 0.5) is 5.69 Å². The summed E-state index contributed by atoms with van der Waals surface area (Å²) in [5, 5.41) is 20.5. The molecule has 0 saturated heterocycles. The molecule has 6 heteroatoms. The second kappa shape index (κ2) is 5.56. The minimum absolute atomic E-state index is 0.0548. The summed E-state index contributed by atoms with van der Waals surface area (Å²) in [6, 6.07) is 6.53. The fourth-order valence-corrected chi connectivity index (χ4v) is 2.12. The number of nitro benzene ring substituents is 1. The minimum Gasteiger partial charge on any atom is -0.478 e. The first kappa shape index (κ1) is 13.8. The Morgan fingerprint density at radius 2 is 2.20 bits per heavy atom. The van der Waals surface area contributed by atoms with E-state index >= 15 is 0 Å². The van der Waals surface area contributed by atoms with Crippen LogP contribution in [-0.2, 0) is 11.3 Å². The van der Waals surface area contributed by atoms with E-state index in [0.29, 0.717) is 23.9 Å². The maximum Gasteiger partial charge on any atom is 0.331 e. The van der Waals surface area contributed by atoms with Crippen LogP contribution in [0.2, 0.25) is 0 Å². The van der Waals surface area contributed by atoms with Crippen LogP contribution in [0.25, 0.3) is 10.9 Å². The van der Waals surface area contributed by atoms with Crippen molar-refractivity contribution in [2.75, 3.05) is 0 Å². The normalized spacial score (nSPS) is 11.8. The van der Waals surface area contributed by atoms with Crippen LogP contribution in [0.5, 0.6) is 0 Å².